The molecule has 0 saturated carbocycles. The zero-order valence-electron chi connectivity index (χ0n) is 23.5. The van der Waals surface area contributed by atoms with Gasteiger partial charge in [0.1, 0.15) is 12.1 Å². The van der Waals surface area contributed by atoms with E-state index in [-0.39, 0.29) is 24.2 Å². The largest absolute Gasteiger partial charge is 0.356 e. The van der Waals surface area contributed by atoms with E-state index in [4.69, 9.17) is 0 Å². The highest BCUT2D eigenvalue weighted by Gasteiger charge is 2.33. The number of hydrogen-bond donors (Lipinski definition) is 5. The minimum absolute atomic E-state index is 0.0509. The number of piperidine rings is 1. The van der Waals surface area contributed by atoms with E-state index in [0.29, 0.717) is 24.9 Å². The van der Waals surface area contributed by atoms with Gasteiger partial charge < -0.3 is 21.3 Å². The van der Waals surface area contributed by atoms with Crippen LogP contribution in [0.4, 0.5) is 0 Å². The Bertz CT molecular complexity index is 1250. The second-order valence-electron chi connectivity index (χ2n) is 11.2. The van der Waals surface area contributed by atoms with Crippen molar-refractivity contribution in [3.8, 4) is 0 Å². The zero-order chi connectivity index (χ0) is 29.4. The highest BCUT2D eigenvalue weighted by molar-refractivity contribution is 7.96. The Hall–Kier alpha value is -3.40. The highest BCUT2D eigenvalue weighted by atomic mass is 32.1. The number of carbonyl (C=O) groups excluding carboxylic acids is 5. The molecule has 1 aliphatic rings. The average Bonchev–Trinajstić information content (AvgIpc) is 2.91. The molecule has 3 rings (SSSR count). The van der Waals surface area contributed by atoms with Crippen molar-refractivity contribution in [1.82, 2.24) is 21.3 Å². The summed E-state index contributed by atoms with van der Waals surface area (Å²) >= 11 is 3.94. The third-order valence-corrected chi connectivity index (χ3v) is 7.43. The Morgan fingerprint density at radius 2 is 1.60 bits per heavy atom. The number of nitrogens with one attached hydrogen (secondary N) is 4. The molecule has 40 heavy (non-hydrogen) atoms. The van der Waals surface area contributed by atoms with E-state index in [0.717, 1.165) is 17.2 Å². The van der Waals surface area contributed by atoms with Gasteiger partial charge in [0.2, 0.25) is 22.8 Å². The van der Waals surface area contributed by atoms with Crippen molar-refractivity contribution in [3.05, 3.63) is 48.0 Å². The molecule has 10 heteroatoms. The number of thiol groups is 1. The SMILES string of the molecule is CC(C)C[C@H](NC(=O)[C@@H](NC(=O)c1ccc2ccccc2c1)C(C)C)C(=O)N[C@@H](C[C@@H]1CCCNC1=O)C(=O)S. The Morgan fingerprint density at radius 1 is 0.925 bits per heavy atom. The van der Waals surface area contributed by atoms with Crippen LogP contribution in [0, 0.1) is 17.8 Å². The van der Waals surface area contributed by atoms with Gasteiger partial charge in [-0.25, -0.2) is 0 Å². The summed E-state index contributed by atoms with van der Waals surface area (Å²) < 4.78 is 0. The minimum Gasteiger partial charge on any atom is -0.356 e. The van der Waals surface area contributed by atoms with Crippen LogP contribution < -0.4 is 21.3 Å². The van der Waals surface area contributed by atoms with Gasteiger partial charge in [-0.1, -0.05) is 58.0 Å². The monoisotopic (exact) mass is 568 g/mol. The fraction of sp³-hybridized carbons (Fsp3) is 0.500. The lowest BCUT2D eigenvalue weighted by Crippen LogP contribution is -2.57. The number of amides is 4. The van der Waals surface area contributed by atoms with E-state index in [9.17, 15) is 24.0 Å². The van der Waals surface area contributed by atoms with Gasteiger partial charge in [0, 0.05) is 18.0 Å². The summed E-state index contributed by atoms with van der Waals surface area (Å²) in [7, 11) is 0. The number of hydrogen-bond acceptors (Lipinski definition) is 5. The zero-order valence-corrected chi connectivity index (χ0v) is 24.4. The van der Waals surface area contributed by atoms with Crippen LogP contribution in [-0.2, 0) is 19.2 Å². The van der Waals surface area contributed by atoms with Crippen molar-refractivity contribution in [2.45, 2.75) is 71.5 Å². The van der Waals surface area contributed by atoms with E-state index < -0.39 is 46.9 Å². The molecule has 216 valence electrons. The standard InChI is InChI=1S/C30H40N4O5S/c1-17(2)14-23(28(37)33-24(30(39)40)16-21-10-7-13-31-26(21)35)32-29(38)25(18(3)4)34-27(36)22-12-11-19-8-5-6-9-20(19)15-22/h5-6,8-9,11-12,15,17-18,21,23-25H,7,10,13-14,16H2,1-4H3,(H,31,35)(H,32,38)(H,33,37)(H,34,36)(H,39,40)/t21-,23-,24-,25-/m0/s1. The van der Waals surface area contributed by atoms with Gasteiger partial charge in [0.25, 0.3) is 5.91 Å². The maximum Gasteiger partial charge on any atom is 0.251 e. The van der Waals surface area contributed by atoms with Gasteiger partial charge >= 0.3 is 0 Å². The van der Waals surface area contributed by atoms with E-state index >= 15 is 0 Å². The van der Waals surface area contributed by atoms with Gasteiger partial charge in [-0.2, -0.15) is 0 Å². The first-order valence-corrected chi connectivity index (χ1v) is 14.3. The molecule has 0 radical (unpaired) electrons. The lowest BCUT2D eigenvalue weighted by molar-refractivity contribution is -0.132. The lowest BCUT2D eigenvalue weighted by atomic mass is 9.91. The molecule has 0 aromatic heterocycles. The second kappa shape index (κ2) is 14.3. The maximum atomic E-state index is 13.4. The van der Waals surface area contributed by atoms with Crippen LogP contribution in [0.3, 0.4) is 0 Å². The quantitative estimate of drug-likeness (QED) is 0.251. The number of fused-ring (bicyclic) bond motifs is 1. The molecule has 1 fully saturated rings. The highest BCUT2D eigenvalue weighted by Crippen LogP contribution is 2.19. The molecule has 1 aliphatic heterocycles. The summed E-state index contributed by atoms with van der Waals surface area (Å²) in [4.78, 5) is 64.3. The molecule has 4 atom stereocenters. The van der Waals surface area contributed by atoms with Crippen LogP contribution in [0.5, 0.6) is 0 Å². The average molecular weight is 569 g/mol. The normalized spacial score (nSPS) is 17.6. The molecule has 2 aromatic carbocycles. The Balaban J connectivity index is 1.71. The topological polar surface area (TPSA) is 133 Å². The lowest BCUT2D eigenvalue weighted by Gasteiger charge is -2.28. The first-order chi connectivity index (χ1) is 19.0. The Morgan fingerprint density at radius 3 is 2.23 bits per heavy atom. The maximum absolute atomic E-state index is 13.4. The van der Waals surface area contributed by atoms with E-state index in [1.165, 1.54) is 0 Å². The molecule has 0 unspecified atom stereocenters. The van der Waals surface area contributed by atoms with Crippen LogP contribution in [0.25, 0.3) is 10.8 Å². The summed E-state index contributed by atoms with van der Waals surface area (Å²) in [5.74, 6) is -2.17. The predicted molar refractivity (Wildman–Crippen MR) is 158 cm³/mol. The van der Waals surface area contributed by atoms with Gasteiger partial charge in [-0.15, -0.1) is 12.6 Å². The van der Waals surface area contributed by atoms with Crippen molar-refractivity contribution in [2.75, 3.05) is 6.54 Å². The van der Waals surface area contributed by atoms with Crippen molar-refractivity contribution in [1.29, 1.82) is 0 Å². The van der Waals surface area contributed by atoms with Gasteiger partial charge in [-0.3, -0.25) is 24.0 Å². The molecule has 4 amide bonds. The van der Waals surface area contributed by atoms with E-state index in [2.05, 4.69) is 33.9 Å². The van der Waals surface area contributed by atoms with Gasteiger partial charge in [0.05, 0.1) is 6.04 Å². The number of rotatable bonds is 12. The summed E-state index contributed by atoms with van der Waals surface area (Å²) in [5.41, 5.74) is 0.426. The summed E-state index contributed by atoms with van der Waals surface area (Å²) in [5, 5.41) is 12.5. The van der Waals surface area contributed by atoms with Crippen molar-refractivity contribution < 1.29 is 24.0 Å². The van der Waals surface area contributed by atoms with Crippen LogP contribution in [-0.4, -0.2) is 53.4 Å². The van der Waals surface area contributed by atoms with Crippen molar-refractivity contribution in [2.24, 2.45) is 17.8 Å². The minimum atomic E-state index is -0.968. The molecule has 4 N–H and O–H groups in total. The molecular weight excluding hydrogens is 528 g/mol. The molecule has 1 saturated heterocycles. The Kier molecular flexibility index (Phi) is 11.1. The predicted octanol–water partition coefficient (Wildman–Crippen LogP) is 2.98. The fourth-order valence-corrected chi connectivity index (χ4v) is 5.06. The molecule has 0 bridgehead atoms. The molecule has 2 aromatic rings. The molecule has 1 heterocycles. The van der Waals surface area contributed by atoms with Crippen LogP contribution >= 0.6 is 12.6 Å². The summed E-state index contributed by atoms with van der Waals surface area (Å²) in [6, 6.07) is 10.2. The smallest absolute Gasteiger partial charge is 0.251 e. The molecule has 9 nitrogen and oxygen atoms in total. The first kappa shape index (κ1) is 31.1. The van der Waals surface area contributed by atoms with Gasteiger partial charge in [-0.05, 0) is 60.4 Å². The van der Waals surface area contributed by atoms with E-state index in [1.54, 1.807) is 12.1 Å². The van der Waals surface area contributed by atoms with Crippen molar-refractivity contribution in [3.63, 3.8) is 0 Å². The fourth-order valence-electron chi connectivity index (χ4n) is 4.89. The second-order valence-corrected chi connectivity index (χ2v) is 11.7. The van der Waals surface area contributed by atoms with E-state index in [1.807, 2.05) is 58.0 Å². The molecule has 0 spiro atoms. The molecular formula is C30H40N4O5S. The van der Waals surface area contributed by atoms with Crippen LogP contribution in [0.15, 0.2) is 42.5 Å². The number of carbonyl (C=O) groups is 5. The first-order valence-electron chi connectivity index (χ1n) is 13.9. The third kappa shape index (κ3) is 8.55. The van der Waals surface area contributed by atoms with Crippen molar-refractivity contribution >= 4 is 52.1 Å². The van der Waals surface area contributed by atoms with Gasteiger partial charge in [0.15, 0.2) is 0 Å². The molecule has 0 aliphatic carbocycles. The summed E-state index contributed by atoms with van der Waals surface area (Å²) in [6.45, 7) is 8.06. The summed E-state index contributed by atoms with van der Waals surface area (Å²) in [6.07, 6.45) is 1.88. The number of benzene rings is 2. The van der Waals surface area contributed by atoms with Crippen LogP contribution in [0.1, 0.15) is 63.7 Å². The van der Waals surface area contributed by atoms with Crippen LogP contribution in [0.2, 0.25) is 0 Å². The third-order valence-electron chi connectivity index (χ3n) is 7.12. The Labute approximate surface area is 241 Å².